The summed E-state index contributed by atoms with van der Waals surface area (Å²) in [5.74, 6) is 0. The fourth-order valence-corrected chi connectivity index (χ4v) is 1.67. The van der Waals surface area contributed by atoms with Gasteiger partial charge in [-0.15, -0.1) is 0 Å². The molecule has 0 amide bonds. The molecule has 0 radical (unpaired) electrons. The summed E-state index contributed by atoms with van der Waals surface area (Å²) in [5, 5.41) is 3.31. The third-order valence-corrected chi connectivity index (χ3v) is 2.63. The molecule has 1 heterocycles. The molecule has 0 unspecified atom stereocenters. The van der Waals surface area contributed by atoms with Gasteiger partial charge >= 0.3 is 0 Å². The molecule has 1 aromatic rings. The summed E-state index contributed by atoms with van der Waals surface area (Å²) < 4.78 is 7.03. The molecule has 96 valence electrons. The van der Waals surface area contributed by atoms with E-state index >= 15 is 0 Å². The second-order valence-corrected chi connectivity index (χ2v) is 3.96. The van der Waals surface area contributed by atoms with Crippen molar-refractivity contribution in [3.05, 3.63) is 34.2 Å². The average molecular weight is 238 g/mol. The third kappa shape index (κ3) is 5.15. The first-order valence-corrected chi connectivity index (χ1v) is 6.20. The number of rotatable bonds is 8. The smallest absolute Gasteiger partial charge is 0.250 e. The summed E-state index contributed by atoms with van der Waals surface area (Å²) in [4.78, 5) is 11.6. The number of hydrogen-bond donors (Lipinski definition) is 1. The van der Waals surface area contributed by atoms with Crippen molar-refractivity contribution in [2.75, 3.05) is 26.3 Å². The fraction of sp³-hybridized carbons (Fsp3) is 0.615. The number of aromatic nitrogens is 1. The van der Waals surface area contributed by atoms with Crippen molar-refractivity contribution in [3.63, 3.8) is 0 Å². The molecule has 0 saturated heterocycles. The van der Waals surface area contributed by atoms with E-state index in [4.69, 9.17) is 4.74 Å². The molecule has 0 spiro atoms. The van der Waals surface area contributed by atoms with Crippen LogP contribution in [0.4, 0.5) is 0 Å². The molecule has 0 aliphatic heterocycles. The van der Waals surface area contributed by atoms with Crippen LogP contribution in [0.1, 0.15) is 19.0 Å². The van der Waals surface area contributed by atoms with Gasteiger partial charge in [-0.2, -0.15) is 0 Å². The summed E-state index contributed by atoms with van der Waals surface area (Å²) in [6, 6.07) is 5.35. The van der Waals surface area contributed by atoms with Gasteiger partial charge in [0.2, 0.25) is 0 Å². The second kappa shape index (κ2) is 8.03. The van der Waals surface area contributed by atoms with Crippen LogP contribution in [-0.4, -0.2) is 30.9 Å². The van der Waals surface area contributed by atoms with Crippen LogP contribution in [0.2, 0.25) is 0 Å². The van der Waals surface area contributed by atoms with Crippen molar-refractivity contribution in [1.29, 1.82) is 0 Å². The minimum atomic E-state index is 0.0705. The summed E-state index contributed by atoms with van der Waals surface area (Å²) >= 11 is 0. The normalized spacial score (nSPS) is 10.7. The second-order valence-electron chi connectivity index (χ2n) is 3.96. The SMILES string of the molecule is CCOCCCNCCn1c(C)cccc1=O. The van der Waals surface area contributed by atoms with Crippen molar-refractivity contribution < 1.29 is 4.74 Å². The van der Waals surface area contributed by atoms with Gasteiger partial charge < -0.3 is 14.6 Å². The Balaban J connectivity index is 2.20. The van der Waals surface area contributed by atoms with Crippen LogP contribution < -0.4 is 10.9 Å². The minimum Gasteiger partial charge on any atom is -0.382 e. The molecule has 0 aliphatic rings. The number of aryl methyl sites for hydroxylation is 1. The molecule has 4 heteroatoms. The summed E-state index contributed by atoms with van der Waals surface area (Å²) in [6.45, 7) is 8.00. The van der Waals surface area contributed by atoms with Crippen LogP contribution in [0.3, 0.4) is 0 Å². The van der Waals surface area contributed by atoms with E-state index in [0.717, 1.165) is 45.0 Å². The van der Waals surface area contributed by atoms with E-state index < -0.39 is 0 Å². The van der Waals surface area contributed by atoms with Crippen molar-refractivity contribution >= 4 is 0 Å². The minimum absolute atomic E-state index is 0.0705. The third-order valence-electron chi connectivity index (χ3n) is 2.63. The molecule has 0 atom stereocenters. The molecule has 17 heavy (non-hydrogen) atoms. The Morgan fingerprint density at radius 1 is 1.35 bits per heavy atom. The predicted molar refractivity (Wildman–Crippen MR) is 69.4 cm³/mol. The molecule has 0 saturated carbocycles. The lowest BCUT2D eigenvalue weighted by molar-refractivity contribution is 0.145. The zero-order valence-electron chi connectivity index (χ0n) is 10.7. The van der Waals surface area contributed by atoms with Gasteiger partial charge in [0.15, 0.2) is 0 Å². The zero-order chi connectivity index (χ0) is 12.5. The molecule has 0 aliphatic carbocycles. The Bertz CT molecular complexity index is 374. The van der Waals surface area contributed by atoms with Gasteiger partial charge in [-0.1, -0.05) is 6.07 Å². The Morgan fingerprint density at radius 2 is 2.18 bits per heavy atom. The standard InChI is InChI=1S/C13H22N2O2/c1-3-17-11-5-8-14-9-10-15-12(2)6-4-7-13(15)16/h4,6-7,14H,3,5,8-11H2,1-2H3. The molecule has 4 nitrogen and oxygen atoms in total. The first-order chi connectivity index (χ1) is 8.25. The Morgan fingerprint density at radius 3 is 2.88 bits per heavy atom. The van der Waals surface area contributed by atoms with Crippen molar-refractivity contribution in [2.45, 2.75) is 26.8 Å². The lowest BCUT2D eigenvalue weighted by atomic mass is 10.3. The molecule has 1 rings (SSSR count). The van der Waals surface area contributed by atoms with E-state index in [1.807, 2.05) is 19.9 Å². The van der Waals surface area contributed by atoms with Crippen LogP contribution in [0.5, 0.6) is 0 Å². The van der Waals surface area contributed by atoms with Crippen LogP contribution >= 0.6 is 0 Å². The topological polar surface area (TPSA) is 43.3 Å². The van der Waals surface area contributed by atoms with Crippen LogP contribution in [0.25, 0.3) is 0 Å². The monoisotopic (exact) mass is 238 g/mol. The molecule has 1 N–H and O–H groups in total. The first-order valence-electron chi connectivity index (χ1n) is 6.20. The van der Waals surface area contributed by atoms with E-state index in [0.29, 0.717) is 0 Å². The predicted octanol–water partition coefficient (Wildman–Crippen LogP) is 1.17. The fourth-order valence-electron chi connectivity index (χ4n) is 1.67. The highest BCUT2D eigenvalue weighted by Gasteiger charge is 1.97. The number of nitrogens with one attached hydrogen (secondary N) is 1. The van der Waals surface area contributed by atoms with Gasteiger partial charge in [0.1, 0.15) is 0 Å². The van der Waals surface area contributed by atoms with Crippen molar-refractivity contribution in [3.8, 4) is 0 Å². The highest BCUT2D eigenvalue weighted by Crippen LogP contribution is 1.92. The Labute approximate surface area is 103 Å². The molecule has 1 aromatic heterocycles. The van der Waals surface area contributed by atoms with Crippen LogP contribution in [0.15, 0.2) is 23.0 Å². The van der Waals surface area contributed by atoms with Crippen LogP contribution in [-0.2, 0) is 11.3 Å². The van der Waals surface area contributed by atoms with Gasteiger partial charge in [-0.25, -0.2) is 0 Å². The number of pyridine rings is 1. The molecular weight excluding hydrogens is 216 g/mol. The van der Waals surface area contributed by atoms with Crippen molar-refractivity contribution in [2.24, 2.45) is 0 Å². The lowest BCUT2D eigenvalue weighted by Crippen LogP contribution is -2.28. The average Bonchev–Trinajstić information content (AvgIpc) is 2.31. The Hall–Kier alpha value is -1.13. The number of nitrogens with zero attached hydrogens (tertiary/aromatic N) is 1. The summed E-state index contributed by atoms with van der Waals surface area (Å²) in [5.41, 5.74) is 1.08. The summed E-state index contributed by atoms with van der Waals surface area (Å²) in [6.07, 6.45) is 1.01. The maximum Gasteiger partial charge on any atom is 0.250 e. The van der Waals surface area contributed by atoms with Gasteiger partial charge in [-0.05, 0) is 32.9 Å². The highest BCUT2D eigenvalue weighted by atomic mass is 16.5. The van der Waals surface area contributed by atoms with E-state index in [-0.39, 0.29) is 5.56 Å². The molecule has 0 aromatic carbocycles. The maximum absolute atomic E-state index is 11.6. The number of hydrogen-bond acceptors (Lipinski definition) is 3. The summed E-state index contributed by atoms with van der Waals surface area (Å²) in [7, 11) is 0. The number of ether oxygens (including phenoxy) is 1. The Kier molecular flexibility index (Phi) is 6.58. The first kappa shape index (κ1) is 13.9. The quantitative estimate of drug-likeness (QED) is 0.691. The van der Waals surface area contributed by atoms with E-state index in [2.05, 4.69) is 5.32 Å². The lowest BCUT2D eigenvalue weighted by Gasteiger charge is -2.10. The van der Waals surface area contributed by atoms with E-state index in [9.17, 15) is 4.79 Å². The maximum atomic E-state index is 11.6. The zero-order valence-corrected chi connectivity index (χ0v) is 10.7. The molecule has 0 bridgehead atoms. The highest BCUT2D eigenvalue weighted by molar-refractivity contribution is 5.04. The molecular formula is C13H22N2O2. The molecule has 0 fully saturated rings. The van der Waals surface area contributed by atoms with Gasteiger partial charge in [-0.3, -0.25) is 4.79 Å². The van der Waals surface area contributed by atoms with Crippen molar-refractivity contribution in [1.82, 2.24) is 9.88 Å². The van der Waals surface area contributed by atoms with Gasteiger partial charge in [0, 0.05) is 38.1 Å². The largest absolute Gasteiger partial charge is 0.382 e. The van der Waals surface area contributed by atoms with E-state index in [1.54, 1.807) is 16.7 Å². The van der Waals surface area contributed by atoms with Gasteiger partial charge in [0.25, 0.3) is 5.56 Å². The van der Waals surface area contributed by atoms with Gasteiger partial charge in [0.05, 0.1) is 0 Å². The van der Waals surface area contributed by atoms with Crippen LogP contribution in [0, 0.1) is 6.92 Å². The van der Waals surface area contributed by atoms with E-state index in [1.165, 1.54) is 0 Å².